The van der Waals surface area contributed by atoms with Gasteiger partial charge in [-0.25, -0.2) is 0 Å². The van der Waals surface area contributed by atoms with Crippen LogP contribution in [0.2, 0.25) is 0 Å². The Morgan fingerprint density at radius 3 is 2.73 bits per heavy atom. The highest BCUT2D eigenvalue weighted by molar-refractivity contribution is 5.78. The van der Waals surface area contributed by atoms with Crippen molar-refractivity contribution in [1.82, 2.24) is 0 Å². The summed E-state index contributed by atoms with van der Waals surface area (Å²) in [6.45, 7) is 6.50. The molecule has 2 aliphatic rings. The monoisotopic (exact) mass is 206 g/mol. The molecule has 1 nitrogen and oxygen atoms in total. The molecule has 0 radical (unpaired) electrons. The van der Waals surface area contributed by atoms with Crippen LogP contribution in [0.25, 0.3) is 0 Å². The third-order valence-electron chi connectivity index (χ3n) is 4.33. The van der Waals surface area contributed by atoms with Gasteiger partial charge in [0, 0.05) is 5.92 Å². The quantitative estimate of drug-likeness (QED) is 0.595. The van der Waals surface area contributed by atoms with Crippen molar-refractivity contribution in [2.45, 2.75) is 59.3 Å². The Hall–Kier alpha value is -0.590. The lowest BCUT2D eigenvalue weighted by molar-refractivity contribution is -0.121. The average molecular weight is 206 g/mol. The summed E-state index contributed by atoms with van der Waals surface area (Å²) in [6, 6.07) is 0. The van der Waals surface area contributed by atoms with Crippen molar-refractivity contribution in [3.05, 3.63) is 11.1 Å². The van der Waals surface area contributed by atoms with Crippen molar-refractivity contribution in [2.24, 2.45) is 11.3 Å². The maximum Gasteiger partial charge on any atom is 0.133 e. The SMILES string of the molecule is CC(=O)C1CCC2=C(CCCC2(C)C)C1. The first-order valence-electron chi connectivity index (χ1n) is 6.22. The minimum absolute atomic E-state index is 0.331. The molecule has 0 N–H and O–H groups in total. The first-order valence-corrected chi connectivity index (χ1v) is 6.22. The number of hydrogen-bond acceptors (Lipinski definition) is 1. The van der Waals surface area contributed by atoms with Gasteiger partial charge >= 0.3 is 0 Å². The zero-order chi connectivity index (χ0) is 11.1. The van der Waals surface area contributed by atoms with Crippen molar-refractivity contribution in [3.63, 3.8) is 0 Å². The zero-order valence-corrected chi connectivity index (χ0v) is 10.2. The predicted molar refractivity (Wildman–Crippen MR) is 62.7 cm³/mol. The fourth-order valence-corrected chi connectivity index (χ4v) is 3.33. The lowest BCUT2D eigenvalue weighted by atomic mass is 9.66. The lowest BCUT2D eigenvalue weighted by Gasteiger charge is -2.39. The summed E-state index contributed by atoms with van der Waals surface area (Å²) in [7, 11) is 0. The normalized spacial score (nSPS) is 29.9. The maximum atomic E-state index is 11.4. The fraction of sp³-hybridized carbons (Fsp3) is 0.786. The fourth-order valence-electron chi connectivity index (χ4n) is 3.33. The van der Waals surface area contributed by atoms with Crippen LogP contribution in [-0.4, -0.2) is 5.78 Å². The van der Waals surface area contributed by atoms with Crippen LogP contribution in [0.5, 0.6) is 0 Å². The molecule has 0 aliphatic heterocycles. The van der Waals surface area contributed by atoms with Crippen molar-refractivity contribution < 1.29 is 4.79 Å². The third kappa shape index (κ3) is 2.02. The highest BCUT2D eigenvalue weighted by Gasteiger charge is 2.34. The minimum Gasteiger partial charge on any atom is -0.300 e. The van der Waals surface area contributed by atoms with Crippen LogP contribution in [-0.2, 0) is 4.79 Å². The molecule has 0 saturated carbocycles. The van der Waals surface area contributed by atoms with E-state index in [4.69, 9.17) is 0 Å². The molecule has 0 spiro atoms. The minimum atomic E-state index is 0.331. The number of rotatable bonds is 1. The van der Waals surface area contributed by atoms with Gasteiger partial charge in [-0.05, 0) is 50.9 Å². The predicted octanol–water partition coefficient (Wildman–Crippen LogP) is 3.88. The van der Waals surface area contributed by atoms with Crippen LogP contribution in [0, 0.1) is 11.3 Å². The second-order valence-corrected chi connectivity index (χ2v) is 5.87. The maximum absolute atomic E-state index is 11.4. The van der Waals surface area contributed by atoms with Crippen LogP contribution in [0.4, 0.5) is 0 Å². The van der Waals surface area contributed by atoms with Gasteiger partial charge in [0.15, 0.2) is 0 Å². The molecule has 0 heterocycles. The van der Waals surface area contributed by atoms with Crippen molar-refractivity contribution in [2.75, 3.05) is 0 Å². The topological polar surface area (TPSA) is 17.1 Å². The Kier molecular flexibility index (Phi) is 2.74. The summed E-state index contributed by atoms with van der Waals surface area (Å²) >= 11 is 0. The van der Waals surface area contributed by atoms with E-state index in [2.05, 4.69) is 13.8 Å². The number of allylic oxidation sites excluding steroid dienone is 2. The van der Waals surface area contributed by atoms with Gasteiger partial charge in [-0.2, -0.15) is 0 Å². The van der Waals surface area contributed by atoms with Gasteiger partial charge in [0.05, 0.1) is 0 Å². The van der Waals surface area contributed by atoms with Crippen LogP contribution in [0.3, 0.4) is 0 Å². The van der Waals surface area contributed by atoms with Crippen LogP contribution in [0.15, 0.2) is 11.1 Å². The summed E-state index contributed by atoms with van der Waals surface area (Å²) in [6.07, 6.45) is 7.23. The Labute approximate surface area is 92.9 Å². The van der Waals surface area contributed by atoms with Gasteiger partial charge in [-0.15, -0.1) is 0 Å². The number of carbonyl (C=O) groups is 1. The Balaban J connectivity index is 2.23. The van der Waals surface area contributed by atoms with E-state index >= 15 is 0 Å². The second kappa shape index (κ2) is 3.77. The van der Waals surface area contributed by atoms with Crippen molar-refractivity contribution >= 4 is 5.78 Å². The molecule has 0 aromatic rings. The number of carbonyl (C=O) groups excluding carboxylic acids is 1. The highest BCUT2D eigenvalue weighted by atomic mass is 16.1. The van der Waals surface area contributed by atoms with Crippen molar-refractivity contribution in [3.8, 4) is 0 Å². The van der Waals surface area contributed by atoms with E-state index in [9.17, 15) is 4.79 Å². The summed E-state index contributed by atoms with van der Waals surface area (Å²) in [5.41, 5.74) is 3.72. The second-order valence-electron chi connectivity index (χ2n) is 5.87. The first-order chi connectivity index (χ1) is 7.00. The summed E-state index contributed by atoms with van der Waals surface area (Å²) in [4.78, 5) is 11.4. The van der Waals surface area contributed by atoms with Gasteiger partial charge in [-0.1, -0.05) is 25.0 Å². The van der Waals surface area contributed by atoms with E-state index < -0.39 is 0 Å². The summed E-state index contributed by atoms with van der Waals surface area (Å²) in [5.74, 6) is 0.725. The van der Waals surface area contributed by atoms with Crippen molar-refractivity contribution in [1.29, 1.82) is 0 Å². The molecule has 0 amide bonds. The first kappa shape index (κ1) is 10.9. The molecule has 1 atom stereocenters. The molecule has 0 aromatic carbocycles. The standard InChI is InChI=1S/C14H22O/c1-10(15)11-6-7-13-12(9-11)5-4-8-14(13,2)3/h11H,4-9H2,1-3H3. The van der Waals surface area contributed by atoms with Crippen LogP contribution >= 0.6 is 0 Å². The van der Waals surface area contributed by atoms with E-state index in [-0.39, 0.29) is 0 Å². The Morgan fingerprint density at radius 1 is 1.33 bits per heavy atom. The van der Waals surface area contributed by atoms with Crippen LogP contribution in [0.1, 0.15) is 59.3 Å². The van der Waals surface area contributed by atoms with Gasteiger partial charge < -0.3 is 0 Å². The van der Waals surface area contributed by atoms with E-state index in [1.54, 1.807) is 18.1 Å². The van der Waals surface area contributed by atoms with Gasteiger partial charge in [0.1, 0.15) is 5.78 Å². The third-order valence-corrected chi connectivity index (χ3v) is 4.33. The average Bonchev–Trinajstić information content (AvgIpc) is 2.16. The zero-order valence-electron chi connectivity index (χ0n) is 10.2. The molecular weight excluding hydrogens is 184 g/mol. The van der Waals surface area contributed by atoms with Crippen LogP contribution < -0.4 is 0 Å². The number of Topliss-reactive ketones (excluding diaryl/α,β-unsaturated/α-hetero) is 1. The van der Waals surface area contributed by atoms with E-state index in [1.165, 1.54) is 25.7 Å². The van der Waals surface area contributed by atoms with Gasteiger partial charge in [0.2, 0.25) is 0 Å². The van der Waals surface area contributed by atoms with Gasteiger partial charge in [-0.3, -0.25) is 4.79 Å². The molecule has 0 saturated heterocycles. The van der Waals surface area contributed by atoms with E-state index in [0.717, 1.165) is 12.8 Å². The molecule has 84 valence electrons. The lowest BCUT2D eigenvalue weighted by Crippen LogP contribution is -2.27. The molecule has 0 fully saturated rings. The highest BCUT2D eigenvalue weighted by Crippen LogP contribution is 2.47. The molecule has 2 aliphatic carbocycles. The number of hydrogen-bond donors (Lipinski definition) is 0. The summed E-state index contributed by atoms with van der Waals surface area (Å²) in [5, 5.41) is 0. The molecule has 1 unspecified atom stereocenters. The molecule has 1 heteroatoms. The number of ketones is 1. The van der Waals surface area contributed by atoms with E-state index in [0.29, 0.717) is 17.1 Å². The smallest absolute Gasteiger partial charge is 0.133 e. The summed E-state index contributed by atoms with van der Waals surface area (Å²) < 4.78 is 0. The molecule has 2 rings (SSSR count). The Morgan fingerprint density at radius 2 is 2.07 bits per heavy atom. The van der Waals surface area contributed by atoms with E-state index in [1.807, 2.05) is 0 Å². The Bertz CT molecular complexity index is 309. The molecule has 0 bridgehead atoms. The molecule has 0 aromatic heterocycles. The molecular formula is C14H22O. The van der Waals surface area contributed by atoms with Gasteiger partial charge in [0.25, 0.3) is 0 Å². The molecule has 15 heavy (non-hydrogen) atoms. The largest absolute Gasteiger partial charge is 0.300 e.